The van der Waals surface area contributed by atoms with Crippen LogP contribution in [0.3, 0.4) is 0 Å². The fraction of sp³-hybridized carbons (Fsp3) is 0.647. The molecule has 2 N–H and O–H groups in total. The fourth-order valence-electron chi connectivity index (χ4n) is 2.90. The predicted octanol–water partition coefficient (Wildman–Crippen LogP) is 2.26. The van der Waals surface area contributed by atoms with E-state index >= 15 is 0 Å². The van der Waals surface area contributed by atoms with Gasteiger partial charge in [0.15, 0.2) is 0 Å². The zero-order valence-electron chi connectivity index (χ0n) is 12.6. The summed E-state index contributed by atoms with van der Waals surface area (Å²) in [7, 11) is 0. The van der Waals surface area contributed by atoms with Gasteiger partial charge in [0.05, 0.1) is 0 Å². The molecule has 0 radical (unpaired) electrons. The third kappa shape index (κ3) is 5.23. The zero-order chi connectivity index (χ0) is 14.2. The summed E-state index contributed by atoms with van der Waals surface area (Å²) in [5.74, 6) is 0.560. The van der Waals surface area contributed by atoms with E-state index in [2.05, 4.69) is 47.5 Å². The third-order valence-electron chi connectivity index (χ3n) is 4.13. The van der Waals surface area contributed by atoms with Crippen molar-refractivity contribution < 1.29 is 5.11 Å². The number of hydrogen-bond acceptors (Lipinski definition) is 3. The second kappa shape index (κ2) is 8.40. The van der Waals surface area contributed by atoms with Gasteiger partial charge in [0.25, 0.3) is 0 Å². The van der Waals surface area contributed by atoms with Gasteiger partial charge in [0.2, 0.25) is 0 Å². The Morgan fingerprint density at radius 1 is 1.35 bits per heavy atom. The van der Waals surface area contributed by atoms with E-state index < -0.39 is 0 Å². The average Bonchev–Trinajstić information content (AvgIpc) is 2.47. The summed E-state index contributed by atoms with van der Waals surface area (Å²) in [6, 6.07) is 11.3. The first-order valence-electron chi connectivity index (χ1n) is 7.88. The molecule has 1 aromatic rings. The quantitative estimate of drug-likeness (QED) is 0.802. The second-order valence-corrected chi connectivity index (χ2v) is 6.09. The lowest BCUT2D eigenvalue weighted by Crippen LogP contribution is -2.46. The molecule has 2 atom stereocenters. The van der Waals surface area contributed by atoms with Crippen molar-refractivity contribution in [1.82, 2.24) is 10.2 Å². The van der Waals surface area contributed by atoms with Gasteiger partial charge in [0, 0.05) is 25.7 Å². The topological polar surface area (TPSA) is 35.5 Å². The van der Waals surface area contributed by atoms with Gasteiger partial charge >= 0.3 is 0 Å². The molecule has 2 unspecified atom stereocenters. The summed E-state index contributed by atoms with van der Waals surface area (Å²) in [5.41, 5.74) is 1.40. The van der Waals surface area contributed by atoms with Gasteiger partial charge in [-0.15, -0.1) is 0 Å². The molecule has 1 fully saturated rings. The molecule has 1 saturated heterocycles. The molecule has 0 aromatic heterocycles. The van der Waals surface area contributed by atoms with Crippen molar-refractivity contribution in [1.29, 1.82) is 0 Å². The molecule has 1 aliphatic heterocycles. The minimum absolute atomic E-state index is 0.299. The lowest BCUT2D eigenvalue weighted by Gasteiger charge is -2.33. The zero-order valence-corrected chi connectivity index (χ0v) is 12.6. The van der Waals surface area contributed by atoms with E-state index in [1.54, 1.807) is 0 Å². The highest BCUT2D eigenvalue weighted by Crippen LogP contribution is 2.14. The van der Waals surface area contributed by atoms with Gasteiger partial charge in [-0.05, 0) is 43.8 Å². The van der Waals surface area contributed by atoms with Crippen LogP contribution in [0, 0.1) is 5.92 Å². The Kier molecular flexibility index (Phi) is 6.51. The number of aliphatic hydroxyl groups excluding tert-OH is 1. The molecule has 3 nitrogen and oxygen atoms in total. The summed E-state index contributed by atoms with van der Waals surface area (Å²) in [6.45, 7) is 6.93. The van der Waals surface area contributed by atoms with Crippen molar-refractivity contribution in [2.24, 2.45) is 5.92 Å². The highest BCUT2D eigenvalue weighted by molar-refractivity contribution is 5.14. The second-order valence-electron chi connectivity index (χ2n) is 6.09. The van der Waals surface area contributed by atoms with E-state index in [9.17, 15) is 0 Å². The molecule has 1 aliphatic rings. The lowest BCUT2D eigenvalue weighted by atomic mass is 10.0. The van der Waals surface area contributed by atoms with E-state index in [1.807, 2.05) is 0 Å². The summed E-state index contributed by atoms with van der Waals surface area (Å²) < 4.78 is 0. The Morgan fingerprint density at radius 3 is 2.90 bits per heavy atom. The van der Waals surface area contributed by atoms with E-state index in [0.29, 0.717) is 18.6 Å². The molecular weight excluding hydrogens is 248 g/mol. The van der Waals surface area contributed by atoms with Crippen molar-refractivity contribution in [3.05, 3.63) is 35.9 Å². The Hall–Kier alpha value is -0.900. The Labute approximate surface area is 123 Å². The molecule has 3 heteroatoms. The molecule has 0 amide bonds. The van der Waals surface area contributed by atoms with Crippen molar-refractivity contribution >= 4 is 0 Å². The number of piperidine rings is 1. The minimum atomic E-state index is 0.299. The highest BCUT2D eigenvalue weighted by atomic mass is 16.3. The number of nitrogens with zero attached hydrogens (tertiary/aromatic N) is 1. The maximum Gasteiger partial charge on any atom is 0.0434 e. The molecule has 112 valence electrons. The molecule has 2 rings (SSSR count). The number of likely N-dealkylation sites (tertiary alicyclic amines) is 1. The van der Waals surface area contributed by atoms with Gasteiger partial charge < -0.3 is 10.4 Å². The fourth-order valence-corrected chi connectivity index (χ4v) is 2.90. The van der Waals surface area contributed by atoms with Gasteiger partial charge in [-0.1, -0.05) is 37.3 Å². The standard InChI is InChI=1S/C17H28N2O/c1-15(9-11-20)12-18-17-8-5-10-19(14-17)13-16-6-3-2-4-7-16/h2-4,6-7,15,17-18,20H,5,8-14H2,1H3. The first-order chi connectivity index (χ1) is 9.78. The van der Waals surface area contributed by atoms with E-state index in [4.69, 9.17) is 5.11 Å². The van der Waals surface area contributed by atoms with Crippen LogP contribution in [0.5, 0.6) is 0 Å². The van der Waals surface area contributed by atoms with Crippen molar-refractivity contribution in [3.63, 3.8) is 0 Å². The van der Waals surface area contributed by atoms with Crippen LogP contribution >= 0.6 is 0 Å². The van der Waals surface area contributed by atoms with Gasteiger partial charge in [-0.2, -0.15) is 0 Å². The van der Waals surface area contributed by atoms with Crippen LogP contribution in [-0.4, -0.2) is 42.3 Å². The highest BCUT2D eigenvalue weighted by Gasteiger charge is 2.19. The van der Waals surface area contributed by atoms with Crippen LogP contribution in [0.15, 0.2) is 30.3 Å². The van der Waals surface area contributed by atoms with Crippen LogP contribution in [0.1, 0.15) is 31.7 Å². The predicted molar refractivity (Wildman–Crippen MR) is 83.6 cm³/mol. The van der Waals surface area contributed by atoms with Gasteiger partial charge in [-0.3, -0.25) is 4.90 Å². The van der Waals surface area contributed by atoms with Crippen LogP contribution in [0.2, 0.25) is 0 Å². The molecule has 1 heterocycles. The Bertz CT molecular complexity index is 369. The number of nitrogens with one attached hydrogen (secondary N) is 1. The van der Waals surface area contributed by atoms with Crippen molar-refractivity contribution in [2.45, 2.75) is 38.8 Å². The number of rotatable bonds is 7. The molecule has 20 heavy (non-hydrogen) atoms. The Morgan fingerprint density at radius 2 is 2.15 bits per heavy atom. The summed E-state index contributed by atoms with van der Waals surface area (Å²) >= 11 is 0. The maximum atomic E-state index is 8.94. The SMILES string of the molecule is CC(CCO)CNC1CCCN(Cc2ccccc2)C1. The summed E-state index contributed by atoms with van der Waals surface area (Å²) in [6.07, 6.45) is 3.45. The van der Waals surface area contributed by atoms with Crippen LogP contribution in [0.4, 0.5) is 0 Å². The number of benzene rings is 1. The first kappa shape index (κ1) is 15.5. The molecule has 0 saturated carbocycles. The third-order valence-corrected chi connectivity index (χ3v) is 4.13. The van der Waals surface area contributed by atoms with Crippen LogP contribution < -0.4 is 5.32 Å². The largest absolute Gasteiger partial charge is 0.396 e. The first-order valence-corrected chi connectivity index (χ1v) is 7.88. The van der Waals surface area contributed by atoms with Crippen molar-refractivity contribution in [3.8, 4) is 0 Å². The van der Waals surface area contributed by atoms with Gasteiger partial charge in [0.1, 0.15) is 0 Å². The molecule has 1 aromatic carbocycles. The molecular formula is C17H28N2O. The molecule has 0 bridgehead atoms. The lowest BCUT2D eigenvalue weighted by molar-refractivity contribution is 0.178. The van der Waals surface area contributed by atoms with Gasteiger partial charge in [-0.25, -0.2) is 0 Å². The number of hydrogen-bond donors (Lipinski definition) is 2. The normalized spacial score (nSPS) is 21.8. The van der Waals surface area contributed by atoms with Crippen LogP contribution in [-0.2, 0) is 6.54 Å². The molecule has 0 spiro atoms. The summed E-state index contributed by atoms with van der Waals surface area (Å²) in [5, 5.41) is 12.6. The average molecular weight is 276 g/mol. The van der Waals surface area contributed by atoms with Crippen molar-refractivity contribution in [2.75, 3.05) is 26.2 Å². The monoisotopic (exact) mass is 276 g/mol. The summed E-state index contributed by atoms with van der Waals surface area (Å²) in [4.78, 5) is 2.55. The van der Waals surface area contributed by atoms with E-state index in [1.165, 1.54) is 24.9 Å². The van der Waals surface area contributed by atoms with E-state index in [-0.39, 0.29) is 0 Å². The minimum Gasteiger partial charge on any atom is -0.396 e. The smallest absolute Gasteiger partial charge is 0.0434 e. The maximum absolute atomic E-state index is 8.94. The van der Waals surface area contributed by atoms with Crippen LogP contribution in [0.25, 0.3) is 0 Å². The number of aliphatic hydroxyl groups is 1. The molecule has 0 aliphatic carbocycles. The van der Waals surface area contributed by atoms with E-state index in [0.717, 1.165) is 26.1 Å². The Balaban J connectivity index is 1.74.